The Morgan fingerprint density at radius 2 is 2.14 bits per heavy atom. The Hall–Kier alpha value is -1.38. The molecule has 0 spiro atoms. The van der Waals surface area contributed by atoms with Crippen molar-refractivity contribution in [3.8, 4) is 0 Å². The summed E-state index contributed by atoms with van der Waals surface area (Å²) in [5, 5.41) is 0. The van der Waals surface area contributed by atoms with Gasteiger partial charge in [-0.15, -0.1) is 0 Å². The van der Waals surface area contributed by atoms with Gasteiger partial charge < -0.3 is 4.90 Å². The van der Waals surface area contributed by atoms with Gasteiger partial charge in [0.05, 0.1) is 6.42 Å². The second-order valence-corrected chi connectivity index (χ2v) is 3.59. The highest BCUT2D eigenvalue weighted by molar-refractivity contribution is 5.78. The number of carbonyl (C=O) groups is 1. The molecule has 3 heteroatoms. The van der Waals surface area contributed by atoms with E-state index in [0.29, 0.717) is 6.42 Å². The van der Waals surface area contributed by atoms with Gasteiger partial charge in [0.2, 0.25) is 5.91 Å². The second-order valence-electron chi connectivity index (χ2n) is 3.59. The molecule has 14 heavy (non-hydrogen) atoms. The molecule has 2 rings (SSSR count). The zero-order valence-electron chi connectivity index (χ0n) is 8.15. The summed E-state index contributed by atoms with van der Waals surface area (Å²) in [7, 11) is 0. The predicted molar refractivity (Wildman–Crippen MR) is 53.8 cm³/mol. The van der Waals surface area contributed by atoms with E-state index in [4.69, 9.17) is 0 Å². The number of hydrogen-bond donors (Lipinski definition) is 0. The monoisotopic (exact) mass is 190 g/mol. The summed E-state index contributed by atoms with van der Waals surface area (Å²) >= 11 is 0. The summed E-state index contributed by atoms with van der Waals surface area (Å²) in [5.41, 5.74) is 0.865. The number of amides is 1. The molecule has 0 aliphatic carbocycles. The molecule has 0 radical (unpaired) electrons. The normalized spacial score (nSPS) is 15.9. The third-order valence-electron chi connectivity index (χ3n) is 2.52. The van der Waals surface area contributed by atoms with Crippen LogP contribution in [-0.2, 0) is 11.2 Å². The van der Waals surface area contributed by atoms with Crippen molar-refractivity contribution >= 4 is 5.91 Å². The minimum absolute atomic E-state index is 0.209. The number of likely N-dealkylation sites (tertiary alicyclic amines) is 1. The van der Waals surface area contributed by atoms with Crippen LogP contribution >= 0.6 is 0 Å². The zero-order valence-corrected chi connectivity index (χ0v) is 8.15. The first-order chi connectivity index (χ1) is 6.86. The van der Waals surface area contributed by atoms with Crippen LogP contribution in [0.3, 0.4) is 0 Å². The molecule has 2 heterocycles. The summed E-state index contributed by atoms with van der Waals surface area (Å²) in [4.78, 5) is 17.8. The van der Waals surface area contributed by atoms with E-state index in [-0.39, 0.29) is 5.91 Å². The third kappa shape index (κ3) is 2.10. The van der Waals surface area contributed by atoms with Crippen LogP contribution in [0.1, 0.15) is 18.5 Å². The fraction of sp³-hybridized carbons (Fsp3) is 0.455. The van der Waals surface area contributed by atoms with E-state index in [1.54, 1.807) is 6.20 Å². The lowest BCUT2D eigenvalue weighted by atomic mass is 10.2. The lowest BCUT2D eigenvalue weighted by Crippen LogP contribution is -2.29. The maximum atomic E-state index is 11.7. The largest absolute Gasteiger partial charge is 0.342 e. The first-order valence-corrected chi connectivity index (χ1v) is 5.04. The summed E-state index contributed by atoms with van der Waals surface area (Å²) in [5.74, 6) is 0.209. The number of nitrogens with zero attached hydrogens (tertiary/aromatic N) is 2. The maximum Gasteiger partial charge on any atom is 0.228 e. The smallest absolute Gasteiger partial charge is 0.228 e. The van der Waals surface area contributed by atoms with Crippen LogP contribution in [0.15, 0.2) is 24.4 Å². The average Bonchev–Trinajstić information content (AvgIpc) is 2.72. The van der Waals surface area contributed by atoms with Crippen molar-refractivity contribution in [3.63, 3.8) is 0 Å². The van der Waals surface area contributed by atoms with E-state index in [1.807, 2.05) is 23.1 Å². The number of carbonyl (C=O) groups excluding carboxylic acids is 1. The van der Waals surface area contributed by atoms with Gasteiger partial charge in [-0.05, 0) is 25.0 Å². The first-order valence-electron chi connectivity index (χ1n) is 5.04. The van der Waals surface area contributed by atoms with E-state index in [1.165, 1.54) is 0 Å². The van der Waals surface area contributed by atoms with Crippen molar-refractivity contribution in [2.75, 3.05) is 13.1 Å². The van der Waals surface area contributed by atoms with Gasteiger partial charge in [-0.25, -0.2) is 0 Å². The van der Waals surface area contributed by atoms with Crippen LogP contribution in [-0.4, -0.2) is 28.9 Å². The Bertz CT molecular complexity index is 304. The van der Waals surface area contributed by atoms with Gasteiger partial charge in [0.15, 0.2) is 0 Å². The molecule has 0 bridgehead atoms. The molecule has 1 fully saturated rings. The van der Waals surface area contributed by atoms with Crippen LogP contribution in [0.25, 0.3) is 0 Å². The topological polar surface area (TPSA) is 33.2 Å². The first kappa shape index (κ1) is 9.19. The van der Waals surface area contributed by atoms with Gasteiger partial charge in [0, 0.05) is 25.0 Å². The molecule has 1 saturated heterocycles. The number of aromatic nitrogens is 1. The SMILES string of the molecule is O=C(Cc1ccccn1)N1CCCC1. The number of pyridine rings is 1. The molecule has 1 aromatic heterocycles. The molecule has 0 N–H and O–H groups in total. The van der Waals surface area contributed by atoms with Crippen molar-refractivity contribution in [2.45, 2.75) is 19.3 Å². The molecule has 1 aromatic rings. The van der Waals surface area contributed by atoms with Gasteiger partial charge in [-0.2, -0.15) is 0 Å². The Morgan fingerprint density at radius 1 is 1.36 bits per heavy atom. The van der Waals surface area contributed by atoms with Gasteiger partial charge in [0.25, 0.3) is 0 Å². The average molecular weight is 190 g/mol. The summed E-state index contributed by atoms with van der Waals surface area (Å²) < 4.78 is 0. The molecule has 1 amide bonds. The highest BCUT2D eigenvalue weighted by atomic mass is 16.2. The lowest BCUT2D eigenvalue weighted by Gasteiger charge is -2.14. The van der Waals surface area contributed by atoms with E-state index >= 15 is 0 Å². The molecular formula is C11H14N2O. The molecule has 0 saturated carbocycles. The number of rotatable bonds is 2. The van der Waals surface area contributed by atoms with Crippen LogP contribution in [0.4, 0.5) is 0 Å². The Labute approximate surface area is 83.8 Å². The van der Waals surface area contributed by atoms with Gasteiger partial charge in [-0.1, -0.05) is 6.07 Å². The van der Waals surface area contributed by atoms with E-state index in [0.717, 1.165) is 31.6 Å². The molecule has 0 aromatic carbocycles. The second kappa shape index (κ2) is 4.22. The minimum atomic E-state index is 0.209. The molecule has 74 valence electrons. The third-order valence-corrected chi connectivity index (χ3v) is 2.52. The highest BCUT2D eigenvalue weighted by Gasteiger charge is 2.17. The fourth-order valence-corrected chi connectivity index (χ4v) is 1.74. The molecule has 1 aliphatic heterocycles. The predicted octanol–water partition coefficient (Wildman–Crippen LogP) is 1.25. The summed E-state index contributed by atoms with van der Waals surface area (Å²) in [6, 6.07) is 5.68. The maximum absolute atomic E-state index is 11.7. The van der Waals surface area contributed by atoms with Crippen LogP contribution in [0.5, 0.6) is 0 Å². The van der Waals surface area contributed by atoms with Crippen LogP contribution in [0, 0.1) is 0 Å². The van der Waals surface area contributed by atoms with E-state index in [2.05, 4.69) is 4.98 Å². The summed E-state index contributed by atoms with van der Waals surface area (Å²) in [6.45, 7) is 1.84. The minimum Gasteiger partial charge on any atom is -0.342 e. The lowest BCUT2D eigenvalue weighted by molar-refractivity contribution is -0.129. The standard InChI is InChI=1S/C11H14N2O/c14-11(13-7-3-4-8-13)9-10-5-1-2-6-12-10/h1-2,5-6H,3-4,7-9H2. The molecule has 0 atom stereocenters. The van der Waals surface area contributed by atoms with Crippen molar-refractivity contribution in [2.24, 2.45) is 0 Å². The zero-order chi connectivity index (χ0) is 9.80. The molecule has 3 nitrogen and oxygen atoms in total. The Kier molecular flexibility index (Phi) is 2.77. The molecule has 0 unspecified atom stereocenters. The Morgan fingerprint density at radius 3 is 2.79 bits per heavy atom. The fourth-order valence-electron chi connectivity index (χ4n) is 1.74. The Balaban J connectivity index is 1.94. The van der Waals surface area contributed by atoms with E-state index in [9.17, 15) is 4.79 Å². The van der Waals surface area contributed by atoms with Gasteiger partial charge in [-0.3, -0.25) is 9.78 Å². The van der Waals surface area contributed by atoms with E-state index < -0.39 is 0 Å². The highest BCUT2D eigenvalue weighted by Crippen LogP contribution is 2.09. The van der Waals surface area contributed by atoms with Crippen molar-refractivity contribution in [1.82, 2.24) is 9.88 Å². The van der Waals surface area contributed by atoms with Crippen LogP contribution in [0.2, 0.25) is 0 Å². The molecular weight excluding hydrogens is 176 g/mol. The number of hydrogen-bond acceptors (Lipinski definition) is 2. The van der Waals surface area contributed by atoms with Crippen molar-refractivity contribution in [3.05, 3.63) is 30.1 Å². The van der Waals surface area contributed by atoms with Crippen LogP contribution < -0.4 is 0 Å². The van der Waals surface area contributed by atoms with Gasteiger partial charge >= 0.3 is 0 Å². The molecule has 1 aliphatic rings. The summed E-state index contributed by atoms with van der Waals surface area (Å²) in [6.07, 6.45) is 4.47. The van der Waals surface area contributed by atoms with Crippen molar-refractivity contribution in [1.29, 1.82) is 0 Å². The van der Waals surface area contributed by atoms with Gasteiger partial charge in [0.1, 0.15) is 0 Å². The van der Waals surface area contributed by atoms with Crippen molar-refractivity contribution < 1.29 is 4.79 Å². The quantitative estimate of drug-likeness (QED) is 0.703.